The number of β-amino-alcohol motifs (C(OH)–C–C–N with tert-alkyl or cyclic N) is 1. The van der Waals surface area contributed by atoms with Crippen LogP contribution in [0.3, 0.4) is 0 Å². The number of amides is 3. The predicted molar refractivity (Wildman–Crippen MR) is 97.4 cm³/mol. The first-order chi connectivity index (χ1) is 12.0. The van der Waals surface area contributed by atoms with E-state index in [9.17, 15) is 14.7 Å². The zero-order valence-electron chi connectivity index (χ0n) is 14.9. The van der Waals surface area contributed by atoms with Gasteiger partial charge in [0.15, 0.2) is 0 Å². The fourth-order valence-corrected chi connectivity index (χ4v) is 2.97. The fourth-order valence-electron chi connectivity index (χ4n) is 2.97. The topological polar surface area (TPSA) is 84.9 Å². The number of hydrogen-bond donors (Lipinski definition) is 3. The molecule has 7 heteroatoms. The van der Waals surface area contributed by atoms with Crippen LogP contribution < -0.4 is 10.6 Å². The minimum atomic E-state index is -0.364. The van der Waals surface area contributed by atoms with Gasteiger partial charge < -0.3 is 20.6 Å². The Morgan fingerprint density at radius 2 is 2.00 bits per heavy atom. The number of anilines is 1. The van der Waals surface area contributed by atoms with Gasteiger partial charge in [-0.25, -0.2) is 4.79 Å². The normalized spacial score (nSPS) is 19.3. The van der Waals surface area contributed by atoms with E-state index in [4.69, 9.17) is 0 Å². The molecule has 2 atom stereocenters. The second-order valence-electron chi connectivity index (χ2n) is 6.53. The van der Waals surface area contributed by atoms with Gasteiger partial charge in [-0.05, 0) is 26.0 Å². The van der Waals surface area contributed by atoms with E-state index in [2.05, 4.69) is 22.5 Å². The van der Waals surface area contributed by atoms with Crippen LogP contribution in [0.15, 0.2) is 30.3 Å². The van der Waals surface area contributed by atoms with Gasteiger partial charge in [-0.15, -0.1) is 0 Å². The van der Waals surface area contributed by atoms with Crippen molar-refractivity contribution < 1.29 is 14.7 Å². The van der Waals surface area contributed by atoms with Crippen LogP contribution in [-0.2, 0) is 4.79 Å². The lowest BCUT2D eigenvalue weighted by Crippen LogP contribution is -2.55. The third-order valence-corrected chi connectivity index (χ3v) is 4.27. The Labute approximate surface area is 149 Å². The van der Waals surface area contributed by atoms with E-state index >= 15 is 0 Å². The Hall–Kier alpha value is -2.12. The highest BCUT2D eigenvalue weighted by Gasteiger charge is 2.26. The molecule has 25 heavy (non-hydrogen) atoms. The molecule has 3 N–H and O–H groups in total. The summed E-state index contributed by atoms with van der Waals surface area (Å²) in [4.78, 5) is 28.1. The zero-order valence-corrected chi connectivity index (χ0v) is 14.9. The third-order valence-electron chi connectivity index (χ3n) is 4.27. The highest BCUT2D eigenvalue weighted by atomic mass is 16.3. The number of aliphatic hydroxyl groups is 1. The molecule has 1 heterocycles. The van der Waals surface area contributed by atoms with E-state index < -0.39 is 0 Å². The van der Waals surface area contributed by atoms with Gasteiger partial charge in [-0.2, -0.15) is 0 Å². The van der Waals surface area contributed by atoms with Crippen LogP contribution in [0.2, 0.25) is 0 Å². The Balaban J connectivity index is 1.68. The molecule has 2 rings (SSSR count). The second-order valence-corrected chi connectivity index (χ2v) is 6.53. The smallest absolute Gasteiger partial charge is 0.319 e. The number of hydrogen-bond acceptors (Lipinski definition) is 4. The van der Waals surface area contributed by atoms with Gasteiger partial charge in [0.05, 0.1) is 6.10 Å². The molecule has 7 nitrogen and oxygen atoms in total. The molecule has 0 spiro atoms. The number of carbonyl (C=O) groups excluding carboxylic acids is 2. The van der Waals surface area contributed by atoms with Crippen LogP contribution in [-0.4, -0.2) is 71.7 Å². The number of nitrogens with zero attached hydrogens (tertiary/aromatic N) is 2. The molecule has 0 aliphatic carbocycles. The maximum absolute atomic E-state index is 12.3. The fraction of sp³-hybridized carbons (Fsp3) is 0.556. The van der Waals surface area contributed by atoms with Crippen molar-refractivity contribution in [1.29, 1.82) is 0 Å². The van der Waals surface area contributed by atoms with Crippen molar-refractivity contribution in [2.24, 2.45) is 0 Å². The zero-order chi connectivity index (χ0) is 18.2. The number of aliphatic hydroxyl groups excluding tert-OH is 1. The van der Waals surface area contributed by atoms with E-state index in [1.165, 1.54) is 0 Å². The standard InChI is InChI=1S/C18H28N4O3/c1-14-12-22(11-10-21(14)13-15(2)23)17(24)8-9-19-18(25)20-16-6-4-3-5-7-16/h3-7,14-15,23H,8-13H2,1-2H3,(H2,19,20,25). The highest BCUT2D eigenvalue weighted by molar-refractivity contribution is 5.89. The molecule has 1 saturated heterocycles. The predicted octanol–water partition coefficient (Wildman–Crippen LogP) is 1.11. The molecular weight excluding hydrogens is 320 g/mol. The van der Waals surface area contributed by atoms with Crippen molar-refractivity contribution >= 4 is 17.6 Å². The number of carbonyl (C=O) groups is 2. The van der Waals surface area contributed by atoms with Gasteiger partial charge in [0.1, 0.15) is 0 Å². The lowest BCUT2D eigenvalue weighted by atomic mass is 10.1. The number of rotatable bonds is 6. The van der Waals surface area contributed by atoms with Crippen molar-refractivity contribution in [1.82, 2.24) is 15.1 Å². The first-order valence-corrected chi connectivity index (χ1v) is 8.75. The van der Waals surface area contributed by atoms with Gasteiger partial charge in [-0.1, -0.05) is 18.2 Å². The monoisotopic (exact) mass is 348 g/mol. The molecule has 1 aliphatic heterocycles. The summed E-state index contributed by atoms with van der Waals surface area (Å²) in [7, 11) is 0. The van der Waals surface area contributed by atoms with Crippen LogP contribution in [0.5, 0.6) is 0 Å². The number of benzene rings is 1. The molecule has 0 bridgehead atoms. The van der Waals surface area contributed by atoms with Crippen molar-refractivity contribution in [3.8, 4) is 0 Å². The Morgan fingerprint density at radius 1 is 1.28 bits per heavy atom. The van der Waals surface area contributed by atoms with Crippen LogP contribution in [0.25, 0.3) is 0 Å². The highest BCUT2D eigenvalue weighted by Crippen LogP contribution is 2.11. The molecule has 2 unspecified atom stereocenters. The van der Waals surface area contributed by atoms with Crippen LogP contribution in [0.1, 0.15) is 20.3 Å². The first kappa shape index (κ1) is 19.2. The summed E-state index contributed by atoms with van der Waals surface area (Å²) in [6.45, 7) is 6.85. The molecule has 138 valence electrons. The summed E-state index contributed by atoms with van der Waals surface area (Å²) >= 11 is 0. The molecule has 1 aromatic carbocycles. The number of piperazine rings is 1. The molecule has 3 amide bonds. The van der Waals surface area contributed by atoms with Crippen LogP contribution in [0.4, 0.5) is 10.5 Å². The maximum atomic E-state index is 12.3. The van der Waals surface area contributed by atoms with E-state index in [0.29, 0.717) is 26.2 Å². The lowest BCUT2D eigenvalue weighted by molar-refractivity contribution is -0.134. The molecule has 1 fully saturated rings. The summed E-state index contributed by atoms with van der Waals surface area (Å²) in [6.07, 6.45) is -0.0808. The van der Waals surface area contributed by atoms with Crippen molar-refractivity contribution in [2.45, 2.75) is 32.4 Å². The molecule has 0 saturated carbocycles. The van der Waals surface area contributed by atoms with Gasteiger partial charge in [0.25, 0.3) is 0 Å². The molecule has 0 radical (unpaired) electrons. The lowest BCUT2D eigenvalue weighted by Gasteiger charge is -2.40. The van der Waals surface area contributed by atoms with Gasteiger partial charge in [0, 0.05) is 50.9 Å². The summed E-state index contributed by atoms with van der Waals surface area (Å²) in [5, 5.41) is 14.9. The van der Waals surface area contributed by atoms with Crippen molar-refractivity contribution in [2.75, 3.05) is 38.0 Å². The maximum Gasteiger partial charge on any atom is 0.319 e. The third kappa shape index (κ3) is 6.36. The van der Waals surface area contributed by atoms with Crippen LogP contribution in [0, 0.1) is 0 Å². The second kappa shape index (κ2) is 9.39. The minimum Gasteiger partial charge on any atom is -0.392 e. The largest absolute Gasteiger partial charge is 0.392 e. The average molecular weight is 348 g/mol. The summed E-state index contributed by atoms with van der Waals surface area (Å²) in [5.74, 6) is 0.0450. The number of urea groups is 1. The molecule has 1 aromatic rings. The SMILES string of the molecule is CC(O)CN1CCN(C(=O)CCNC(=O)Nc2ccccc2)CC1C. The van der Waals surface area contributed by atoms with Crippen molar-refractivity contribution in [3.05, 3.63) is 30.3 Å². The average Bonchev–Trinajstić information content (AvgIpc) is 2.57. The van der Waals surface area contributed by atoms with E-state index in [-0.39, 0.29) is 30.5 Å². The molecule has 0 aromatic heterocycles. The molecule has 1 aliphatic rings. The van der Waals surface area contributed by atoms with Crippen LogP contribution >= 0.6 is 0 Å². The Kier molecular flexibility index (Phi) is 7.21. The van der Waals surface area contributed by atoms with E-state index in [0.717, 1.165) is 12.2 Å². The van der Waals surface area contributed by atoms with E-state index in [1.54, 1.807) is 19.1 Å². The number of para-hydroxylation sites is 1. The van der Waals surface area contributed by atoms with Gasteiger partial charge in [0.2, 0.25) is 5.91 Å². The van der Waals surface area contributed by atoms with Gasteiger partial charge in [-0.3, -0.25) is 9.69 Å². The summed E-state index contributed by atoms with van der Waals surface area (Å²) < 4.78 is 0. The van der Waals surface area contributed by atoms with E-state index in [1.807, 2.05) is 23.1 Å². The Bertz CT molecular complexity index is 565. The summed E-state index contributed by atoms with van der Waals surface area (Å²) in [5.41, 5.74) is 0.717. The van der Waals surface area contributed by atoms with Gasteiger partial charge >= 0.3 is 6.03 Å². The number of nitrogens with one attached hydrogen (secondary N) is 2. The first-order valence-electron chi connectivity index (χ1n) is 8.75. The Morgan fingerprint density at radius 3 is 2.64 bits per heavy atom. The summed E-state index contributed by atoms with van der Waals surface area (Å²) in [6, 6.07) is 9.09. The quantitative estimate of drug-likeness (QED) is 0.719. The molecular formula is C18H28N4O3. The minimum absolute atomic E-state index is 0.0450. The van der Waals surface area contributed by atoms with Crippen molar-refractivity contribution in [3.63, 3.8) is 0 Å².